The summed E-state index contributed by atoms with van der Waals surface area (Å²) in [6, 6.07) is 11.8. The topological polar surface area (TPSA) is 55.0 Å². The van der Waals surface area contributed by atoms with E-state index in [9.17, 15) is 0 Å². The molecule has 0 saturated heterocycles. The Balaban J connectivity index is 2.38. The molecule has 0 unspecified atom stereocenters. The third-order valence-electron chi connectivity index (χ3n) is 2.22. The van der Waals surface area contributed by atoms with E-state index in [-0.39, 0.29) is 0 Å². The number of nitrogens with two attached hydrogens (primary N) is 1. The van der Waals surface area contributed by atoms with E-state index >= 15 is 0 Å². The lowest BCUT2D eigenvalue weighted by Gasteiger charge is -2.09. The van der Waals surface area contributed by atoms with Crippen molar-refractivity contribution in [2.24, 2.45) is 0 Å². The number of nitrogens with zero attached hydrogens (tertiary/aromatic N) is 3. The van der Waals surface area contributed by atoms with Crippen molar-refractivity contribution in [3.05, 3.63) is 36.4 Å². The van der Waals surface area contributed by atoms with Gasteiger partial charge in [0.1, 0.15) is 0 Å². The van der Waals surface area contributed by atoms with Crippen molar-refractivity contribution < 1.29 is 0 Å². The van der Waals surface area contributed by atoms with Crippen LogP contribution in [0.25, 0.3) is 11.3 Å². The minimum absolute atomic E-state index is 0.291. The molecule has 0 amide bonds. The Hall–Kier alpha value is -1.88. The van der Waals surface area contributed by atoms with Crippen LogP contribution < -0.4 is 11.3 Å². The molecule has 1 heterocycles. The SMILES string of the molecule is CN(C)[B]c1cc(-c2ccccc2)nc(N)n1. The zero-order valence-electron chi connectivity index (χ0n) is 9.96. The van der Waals surface area contributed by atoms with Crippen LogP contribution in [0.2, 0.25) is 0 Å². The van der Waals surface area contributed by atoms with Gasteiger partial charge in [0, 0.05) is 11.2 Å². The molecule has 0 saturated carbocycles. The fourth-order valence-electron chi connectivity index (χ4n) is 1.57. The van der Waals surface area contributed by atoms with Crippen molar-refractivity contribution >= 4 is 19.0 Å². The lowest BCUT2D eigenvalue weighted by atomic mass is 9.86. The van der Waals surface area contributed by atoms with E-state index in [1.54, 1.807) is 0 Å². The van der Waals surface area contributed by atoms with Crippen LogP contribution in [0.1, 0.15) is 0 Å². The van der Waals surface area contributed by atoms with Crippen LogP contribution in [0.5, 0.6) is 0 Å². The molecule has 2 N–H and O–H groups in total. The molecule has 5 heteroatoms. The number of hydrogen-bond donors (Lipinski definition) is 1. The van der Waals surface area contributed by atoms with Crippen molar-refractivity contribution in [2.45, 2.75) is 0 Å². The minimum Gasteiger partial charge on any atom is -0.368 e. The molecule has 2 rings (SSSR count). The lowest BCUT2D eigenvalue weighted by molar-refractivity contribution is 0.668. The van der Waals surface area contributed by atoms with E-state index in [0.717, 1.165) is 16.9 Å². The summed E-state index contributed by atoms with van der Waals surface area (Å²) in [5.41, 5.74) is 8.39. The number of benzene rings is 1. The van der Waals surface area contributed by atoms with E-state index in [4.69, 9.17) is 5.73 Å². The maximum Gasteiger partial charge on any atom is 0.273 e. The number of hydrogen-bond acceptors (Lipinski definition) is 4. The van der Waals surface area contributed by atoms with Crippen molar-refractivity contribution in [3.63, 3.8) is 0 Å². The van der Waals surface area contributed by atoms with Gasteiger partial charge in [-0.3, -0.25) is 0 Å². The quantitative estimate of drug-likeness (QED) is 0.774. The Bertz CT molecular complexity index is 499. The molecular weight excluding hydrogens is 211 g/mol. The van der Waals surface area contributed by atoms with Gasteiger partial charge in [-0.2, -0.15) is 0 Å². The molecule has 4 nitrogen and oxygen atoms in total. The molecular formula is C12H14BN4. The van der Waals surface area contributed by atoms with E-state index in [2.05, 4.69) is 9.97 Å². The van der Waals surface area contributed by atoms with E-state index < -0.39 is 0 Å². The van der Waals surface area contributed by atoms with E-state index in [1.165, 1.54) is 0 Å². The molecule has 0 aliphatic heterocycles. The molecule has 1 radical (unpaired) electrons. The molecule has 85 valence electrons. The third kappa shape index (κ3) is 3.04. The summed E-state index contributed by atoms with van der Waals surface area (Å²) in [4.78, 5) is 10.3. The fourth-order valence-corrected chi connectivity index (χ4v) is 1.57. The largest absolute Gasteiger partial charge is 0.368 e. The number of anilines is 1. The second-order valence-electron chi connectivity index (χ2n) is 3.99. The van der Waals surface area contributed by atoms with Gasteiger partial charge >= 0.3 is 0 Å². The second kappa shape index (κ2) is 4.97. The molecule has 0 aliphatic rings. The van der Waals surface area contributed by atoms with Gasteiger partial charge in [0.15, 0.2) is 0 Å². The van der Waals surface area contributed by atoms with Crippen LogP contribution in [-0.2, 0) is 0 Å². The van der Waals surface area contributed by atoms with Crippen LogP contribution in [0.3, 0.4) is 0 Å². The Morgan fingerprint density at radius 1 is 1.12 bits per heavy atom. The molecule has 1 aromatic heterocycles. The van der Waals surface area contributed by atoms with Gasteiger partial charge in [0.05, 0.1) is 5.69 Å². The summed E-state index contributed by atoms with van der Waals surface area (Å²) in [5.74, 6) is 0.291. The van der Waals surface area contributed by atoms with Crippen LogP contribution in [0.15, 0.2) is 36.4 Å². The molecule has 17 heavy (non-hydrogen) atoms. The first-order valence-corrected chi connectivity index (χ1v) is 5.36. The lowest BCUT2D eigenvalue weighted by Crippen LogP contribution is -2.32. The predicted molar refractivity (Wildman–Crippen MR) is 71.0 cm³/mol. The van der Waals surface area contributed by atoms with Gasteiger partial charge in [-0.05, 0) is 20.2 Å². The highest BCUT2D eigenvalue weighted by molar-refractivity contribution is 6.49. The Morgan fingerprint density at radius 2 is 1.82 bits per heavy atom. The van der Waals surface area contributed by atoms with Crippen LogP contribution in [0, 0.1) is 0 Å². The Morgan fingerprint density at radius 3 is 2.47 bits per heavy atom. The highest BCUT2D eigenvalue weighted by Crippen LogP contribution is 2.15. The van der Waals surface area contributed by atoms with Gasteiger partial charge in [0.25, 0.3) is 7.41 Å². The van der Waals surface area contributed by atoms with E-state index in [0.29, 0.717) is 5.95 Å². The first-order valence-electron chi connectivity index (χ1n) is 5.36. The van der Waals surface area contributed by atoms with Gasteiger partial charge in [-0.1, -0.05) is 30.3 Å². The van der Waals surface area contributed by atoms with Gasteiger partial charge in [-0.25, -0.2) is 9.97 Å². The van der Waals surface area contributed by atoms with Crippen LogP contribution in [-0.4, -0.2) is 36.3 Å². The van der Waals surface area contributed by atoms with Crippen molar-refractivity contribution in [3.8, 4) is 11.3 Å². The molecule has 0 spiro atoms. The Labute approximate surface area is 102 Å². The predicted octanol–water partition coefficient (Wildman–Crippen LogP) is 0.532. The monoisotopic (exact) mass is 225 g/mol. The van der Waals surface area contributed by atoms with Crippen LogP contribution >= 0.6 is 0 Å². The smallest absolute Gasteiger partial charge is 0.273 e. The summed E-state index contributed by atoms with van der Waals surface area (Å²) >= 11 is 0. The molecule has 0 fully saturated rings. The first-order chi connectivity index (χ1) is 8.15. The van der Waals surface area contributed by atoms with Crippen molar-refractivity contribution in [2.75, 3.05) is 19.8 Å². The minimum atomic E-state index is 0.291. The highest BCUT2D eigenvalue weighted by Gasteiger charge is 2.06. The summed E-state index contributed by atoms with van der Waals surface area (Å²) < 4.78 is 0. The maximum atomic E-state index is 5.71. The summed E-state index contributed by atoms with van der Waals surface area (Å²) in [6.45, 7) is 0. The van der Waals surface area contributed by atoms with Gasteiger partial charge in [0.2, 0.25) is 5.95 Å². The number of aromatic nitrogens is 2. The van der Waals surface area contributed by atoms with Gasteiger partial charge < -0.3 is 10.5 Å². The molecule has 1 aromatic carbocycles. The maximum absolute atomic E-state index is 5.71. The average molecular weight is 225 g/mol. The standard InChI is InChI=1S/C12H14BN4/c1-17(2)13-11-8-10(15-12(14)16-11)9-6-4-3-5-7-9/h3-8H,1-2H3,(H2,14,15,16). The van der Waals surface area contributed by atoms with Gasteiger partial charge in [-0.15, -0.1) is 0 Å². The summed E-state index contributed by atoms with van der Waals surface area (Å²) in [5, 5.41) is 0. The molecule has 0 aliphatic carbocycles. The van der Waals surface area contributed by atoms with Crippen molar-refractivity contribution in [1.82, 2.24) is 14.8 Å². The first kappa shape index (κ1) is 11.6. The third-order valence-corrected chi connectivity index (χ3v) is 2.22. The molecule has 2 aromatic rings. The Kier molecular flexibility index (Phi) is 3.39. The average Bonchev–Trinajstić information content (AvgIpc) is 2.28. The number of nitrogen functional groups attached to an aromatic ring is 1. The fraction of sp³-hybridized carbons (Fsp3) is 0.167. The number of rotatable bonds is 3. The normalized spacial score (nSPS) is 10.5. The zero-order chi connectivity index (χ0) is 12.3. The molecule has 0 atom stereocenters. The highest BCUT2D eigenvalue weighted by atomic mass is 15.0. The second-order valence-corrected chi connectivity index (χ2v) is 3.99. The zero-order valence-corrected chi connectivity index (χ0v) is 9.96. The summed E-state index contributed by atoms with van der Waals surface area (Å²) in [7, 11) is 5.80. The van der Waals surface area contributed by atoms with E-state index in [1.807, 2.05) is 62.7 Å². The van der Waals surface area contributed by atoms with Crippen molar-refractivity contribution in [1.29, 1.82) is 0 Å². The summed E-state index contributed by atoms with van der Waals surface area (Å²) in [6.07, 6.45) is 0. The van der Waals surface area contributed by atoms with Crippen LogP contribution in [0.4, 0.5) is 5.95 Å². The molecule has 0 bridgehead atoms.